The van der Waals surface area contributed by atoms with Crippen LogP contribution in [0.25, 0.3) is 0 Å². The second-order valence-electron chi connectivity index (χ2n) is 10.3. The molecule has 0 saturated carbocycles. The first-order valence-electron chi connectivity index (χ1n) is 11.4. The molecule has 3 rings (SSSR count). The maximum absolute atomic E-state index is 13.1. The highest BCUT2D eigenvalue weighted by Gasteiger charge is 2.33. The van der Waals surface area contributed by atoms with Gasteiger partial charge < -0.3 is 14.8 Å². The Labute approximate surface area is 204 Å². The van der Waals surface area contributed by atoms with E-state index in [-0.39, 0.29) is 0 Å². The summed E-state index contributed by atoms with van der Waals surface area (Å²) in [5, 5.41) is 2.93. The molecule has 184 valence electrons. The van der Waals surface area contributed by atoms with Crippen molar-refractivity contribution in [2.24, 2.45) is 0 Å². The monoisotopic (exact) mass is 487 g/mol. The molecule has 34 heavy (non-hydrogen) atoms. The summed E-state index contributed by atoms with van der Waals surface area (Å²) in [4.78, 5) is 45.5. The minimum absolute atomic E-state index is 0.321. The smallest absolute Gasteiger partial charge is 0.397 e. The number of thiophene rings is 1. The van der Waals surface area contributed by atoms with Gasteiger partial charge in [0.25, 0.3) is 0 Å². The van der Waals surface area contributed by atoms with Crippen molar-refractivity contribution in [3.05, 3.63) is 46.1 Å². The number of nitrogens with zero attached hydrogens (tertiary/aromatic N) is 2. The molecule has 0 spiro atoms. The van der Waals surface area contributed by atoms with Crippen molar-refractivity contribution in [1.82, 2.24) is 9.88 Å². The first-order valence-corrected chi connectivity index (χ1v) is 12.2. The number of anilines is 1. The van der Waals surface area contributed by atoms with Gasteiger partial charge in [0.05, 0.1) is 5.56 Å². The number of rotatable bonds is 5. The second kappa shape index (κ2) is 10.2. The summed E-state index contributed by atoms with van der Waals surface area (Å²) in [5.41, 5.74) is 0.732. The first-order chi connectivity index (χ1) is 15.8. The number of nitrogens with one attached hydrogen (secondary N) is 1. The normalized spacial score (nSPS) is 14.3. The molecule has 1 N–H and O–H groups in total. The maximum Gasteiger partial charge on any atom is 0.397 e. The zero-order valence-electron chi connectivity index (χ0n) is 20.7. The average molecular weight is 488 g/mol. The Hall–Kier alpha value is -2.78. The number of carbonyl (C=O) groups is 3. The lowest BCUT2D eigenvalue weighted by Crippen LogP contribution is -2.33. The number of amides is 1. The third-order valence-electron chi connectivity index (χ3n) is 4.96. The van der Waals surface area contributed by atoms with Gasteiger partial charge in [0.1, 0.15) is 16.2 Å². The fraction of sp³-hybridized carbons (Fsp3) is 0.520. The minimum Gasteiger partial charge on any atom is -0.456 e. The van der Waals surface area contributed by atoms with Gasteiger partial charge in [-0.25, -0.2) is 9.59 Å². The largest absolute Gasteiger partial charge is 0.456 e. The fourth-order valence-corrected chi connectivity index (χ4v) is 4.85. The van der Waals surface area contributed by atoms with Crippen LogP contribution in [0.4, 0.5) is 5.00 Å². The van der Waals surface area contributed by atoms with Crippen molar-refractivity contribution in [2.45, 2.75) is 72.1 Å². The molecule has 2 aromatic heterocycles. The Morgan fingerprint density at radius 3 is 2.41 bits per heavy atom. The van der Waals surface area contributed by atoms with Gasteiger partial charge in [0.15, 0.2) is 0 Å². The van der Waals surface area contributed by atoms with E-state index < -0.39 is 29.0 Å². The van der Waals surface area contributed by atoms with Gasteiger partial charge in [-0.2, -0.15) is 0 Å². The van der Waals surface area contributed by atoms with Crippen LogP contribution >= 0.6 is 11.3 Å². The van der Waals surface area contributed by atoms with Gasteiger partial charge in [0.2, 0.25) is 0 Å². The third kappa shape index (κ3) is 7.11. The maximum atomic E-state index is 13.1. The third-order valence-corrected chi connectivity index (χ3v) is 6.09. The summed E-state index contributed by atoms with van der Waals surface area (Å²) in [6, 6.07) is 5.88. The molecule has 9 heteroatoms. The molecule has 8 nitrogen and oxygen atoms in total. The predicted octanol–water partition coefficient (Wildman–Crippen LogP) is 3.98. The van der Waals surface area contributed by atoms with Gasteiger partial charge in [0, 0.05) is 42.8 Å². The van der Waals surface area contributed by atoms with Crippen molar-refractivity contribution in [2.75, 3.05) is 18.4 Å². The predicted molar refractivity (Wildman–Crippen MR) is 131 cm³/mol. The van der Waals surface area contributed by atoms with Crippen molar-refractivity contribution in [3.8, 4) is 0 Å². The van der Waals surface area contributed by atoms with Crippen LogP contribution in [0.2, 0.25) is 0 Å². The lowest BCUT2D eigenvalue weighted by Gasteiger charge is -2.27. The lowest BCUT2D eigenvalue weighted by atomic mass is 10.0. The van der Waals surface area contributed by atoms with Crippen molar-refractivity contribution >= 4 is 34.2 Å². The van der Waals surface area contributed by atoms with E-state index in [9.17, 15) is 14.4 Å². The van der Waals surface area contributed by atoms with E-state index in [0.29, 0.717) is 23.5 Å². The van der Waals surface area contributed by atoms with Crippen LogP contribution in [0.3, 0.4) is 0 Å². The van der Waals surface area contributed by atoms with Gasteiger partial charge in [-0.3, -0.25) is 14.7 Å². The van der Waals surface area contributed by atoms with E-state index in [1.165, 1.54) is 11.3 Å². The summed E-state index contributed by atoms with van der Waals surface area (Å²) >= 11 is 1.31. The van der Waals surface area contributed by atoms with Crippen LogP contribution < -0.4 is 5.32 Å². The van der Waals surface area contributed by atoms with E-state index in [1.54, 1.807) is 47.7 Å². The molecule has 3 heterocycles. The van der Waals surface area contributed by atoms with Crippen molar-refractivity contribution in [1.29, 1.82) is 0 Å². The Bertz CT molecular complexity index is 1050. The van der Waals surface area contributed by atoms with Crippen molar-refractivity contribution < 1.29 is 23.9 Å². The fourth-order valence-electron chi connectivity index (χ4n) is 3.58. The first kappa shape index (κ1) is 25.8. The number of hydrogen-bond acceptors (Lipinski definition) is 8. The highest BCUT2D eigenvalue weighted by Crippen LogP contribution is 2.38. The van der Waals surface area contributed by atoms with Gasteiger partial charge in [-0.1, -0.05) is 6.07 Å². The molecule has 0 unspecified atom stereocenters. The SMILES string of the molecule is CC(C)(C)OC(=O)C(=O)Nc1sc2c(c1C(=O)OC(C)(C)C)CCN(CCc1ccccn1)C2. The van der Waals surface area contributed by atoms with Crippen LogP contribution in [-0.2, 0) is 38.4 Å². The quantitative estimate of drug-likeness (QED) is 0.503. The molecule has 1 aliphatic rings. The van der Waals surface area contributed by atoms with E-state index in [1.807, 2.05) is 18.2 Å². The summed E-state index contributed by atoms with van der Waals surface area (Å²) in [6.45, 7) is 12.7. The van der Waals surface area contributed by atoms with Crippen molar-refractivity contribution in [3.63, 3.8) is 0 Å². The molecule has 0 fully saturated rings. The summed E-state index contributed by atoms with van der Waals surface area (Å²) < 4.78 is 10.8. The topological polar surface area (TPSA) is 97.8 Å². The Kier molecular flexibility index (Phi) is 7.77. The van der Waals surface area contributed by atoms with Gasteiger partial charge in [-0.05, 0) is 65.7 Å². The number of pyridine rings is 1. The zero-order chi connectivity index (χ0) is 25.1. The molecule has 1 amide bonds. The van der Waals surface area contributed by atoms with Crippen LogP contribution in [0.15, 0.2) is 24.4 Å². The average Bonchev–Trinajstić information content (AvgIpc) is 3.07. The summed E-state index contributed by atoms with van der Waals surface area (Å²) in [7, 11) is 0. The highest BCUT2D eigenvalue weighted by molar-refractivity contribution is 7.17. The Morgan fingerprint density at radius 2 is 1.79 bits per heavy atom. The van der Waals surface area contributed by atoms with Crippen LogP contribution in [-0.4, -0.2) is 52.0 Å². The van der Waals surface area contributed by atoms with Crippen LogP contribution in [0.1, 0.15) is 68.0 Å². The van der Waals surface area contributed by atoms with E-state index in [2.05, 4.69) is 15.2 Å². The zero-order valence-corrected chi connectivity index (χ0v) is 21.5. The van der Waals surface area contributed by atoms with Gasteiger partial charge >= 0.3 is 17.8 Å². The van der Waals surface area contributed by atoms with E-state index in [4.69, 9.17) is 9.47 Å². The summed E-state index contributed by atoms with van der Waals surface area (Å²) in [5.74, 6) is -2.41. The Morgan fingerprint density at radius 1 is 1.09 bits per heavy atom. The molecule has 0 saturated heterocycles. The number of ether oxygens (including phenoxy) is 2. The number of hydrogen-bond donors (Lipinski definition) is 1. The molecular formula is C25H33N3O5S. The standard InChI is InChI=1S/C25H33N3O5S/c1-24(2,3)32-22(30)19-17-11-14-28(13-10-16-9-7-8-12-26-16)15-18(17)34-21(19)27-20(29)23(31)33-25(4,5)6/h7-9,12H,10-11,13-15H2,1-6H3,(H,27,29). The molecule has 0 aliphatic carbocycles. The number of esters is 2. The van der Waals surface area contributed by atoms with E-state index >= 15 is 0 Å². The summed E-state index contributed by atoms with van der Waals surface area (Å²) in [6.07, 6.45) is 3.25. The van der Waals surface area contributed by atoms with Gasteiger partial charge in [-0.15, -0.1) is 11.3 Å². The molecule has 2 aromatic rings. The van der Waals surface area contributed by atoms with E-state index in [0.717, 1.165) is 35.6 Å². The molecule has 0 atom stereocenters. The molecule has 0 bridgehead atoms. The molecular weight excluding hydrogens is 454 g/mol. The Balaban J connectivity index is 1.81. The highest BCUT2D eigenvalue weighted by atomic mass is 32.1. The number of aromatic nitrogens is 1. The number of carbonyl (C=O) groups excluding carboxylic acids is 3. The lowest BCUT2D eigenvalue weighted by molar-refractivity contribution is -0.161. The van der Waals surface area contributed by atoms with Crippen LogP contribution in [0, 0.1) is 0 Å². The minimum atomic E-state index is -0.994. The number of fused-ring (bicyclic) bond motifs is 1. The second-order valence-corrected chi connectivity index (χ2v) is 11.4. The van der Waals surface area contributed by atoms with Crippen LogP contribution in [0.5, 0.6) is 0 Å². The molecule has 1 aliphatic heterocycles. The molecule has 0 radical (unpaired) electrons. The molecule has 0 aromatic carbocycles.